The van der Waals surface area contributed by atoms with Gasteiger partial charge in [-0.25, -0.2) is 9.59 Å². The third kappa shape index (κ3) is 9.66. The number of allylic oxidation sites excluding steroid dienone is 2. The van der Waals surface area contributed by atoms with Gasteiger partial charge < -0.3 is 38.7 Å². The second-order valence-corrected chi connectivity index (χ2v) is 26.7. The Labute approximate surface area is 488 Å². The van der Waals surface area contributed by atoms with E-state index in [-0.39, 0.29) is 83.9 Å². The van der Waals surface area contributed by atoms with Gasteiger partial charge in [-0.3, -0.25) is 4.79 Å². The van der Waals surface area contributed by atoms with Crippen molar-refractivity contribution in [1.82, 2.24) is 0 Å². The molecule has 438 valence electrons. The van der Waals surface area contributed by atoms with E-state index in [9.17, 15) is 20.1 Å². The van der Waals surface area contributed by atoms with Gasteiger partial charge in [-0.2, -0.15) is 0 Å². The van der Waals surface area contributed by atoms with E-state index in [1.165, 1.54) is 55.0 Å². The van der Waals surface area contributed by atoms with Crippen molar-refractivity contribution in [2.75, 3.05) is 26.9 Å². The molecule has 0 amide bonds. The summed E-state index contributed by atoms with van der Waals surface area (Å²) in [5, 5.41) is 32.5. The maximum Gasteiger partial charge on any atom is 0.340 e. The molecular formula is C72H84O11. The fourth-order valence-corrected chi connectivity index (χ4v) is 18.6. The average Bonchev–Trinajstić information content (AvgIpc) is 3.49. The van der Waals surface area contributed by atoms with Crippen LogP contribution in [-0.2, 0) is 55.1 Å². The molecule has 0 saturated heterocycles. The second-order valence-electron chi connectivity index (χ2n) is 26.7. The van der Waals surface area contributed by atoms with Gasteiger partial charge in [-0.15, -0.1) is 0 Å². The molecule has 3 saturated carbocycles. The zero-order valence-electron chi connectivity index (χ0n) is 48.9. The smallest absolute Gasteiger partial charge is 0.340 e. The van der Waals surface area contributed by atoms with E-state index >= 15 is 9.59 Å². The van der Waals surface area contributed by atoms with Crippen LogP contribution in [0.2, 0.25) is 0 Å². The van der Waals surface area contributed by atoms with E-state index in [2.05, 4.69) is 78.9 Å². The highest BCUT2D eigenvalue weighted by atomic mass is 16.6. The lowest BCUT2D eigenvalue weighted by atomic mass is 9.46. The van der Waals surface area contributed by atoms with Gasteiger partial charge in [0.15, 0.2) is 12.2 Å². The van der Waals surface area contributed by atoms with E-state index in [4.69, 9.17) is 23.4 Å². The highest BCUT2D eigenvalue weighted by molar-refractivity contribution is 5.90. The molecule has 5 aromatic rings. The van der Waals surface area contributed by atoms with Crippen molar-refractivity contribution < 1.29 is 48.3 Å². The van der Waals surface area contributed by atoms with Gasteiger partial charge in [0.2, 0.25) is 0 Å². The highest BCUT2D eigenvalue weighted by Gasteiger charge is 2.59. The Balaban J connectivity index is 0.950. The van der Waals surface area contributed by atoms with Gasteiger partial charge in [0.1, 0.15) is 16.9 Å². The normalized spacial score (nSPS) is 31.0. The predicted octanol–water partition coefficient (Wildman–Crippen LogP) is 13.2. The number of aliphatic hydroxyl groups is 3. The zero-order chi connectivity index (χ0) is 57.2. The third-order valence-corrected chi connectivity index (χ3v) is 22.5. The van der Waals surface area contributed by atoms with E-state index in [1.807, 2.05) is 13.0 Å². The average molecular weight is 1130 g/mol. The Morgan fingerprint density at radius 2 is 1.53 bits per heavy atom. The molecule has 11 atom stereocenters. The van der Waals surface area contributed by atoms with Crippen molar-refractivity contribution in [3.63, 3.8) is 0 Å². The van der Waals surface area contributed by atoms with Crippen LogP contribution >= 0.6 is 0 Å². The molecule has 2 bridgehead atoms. The minimum atomic E-state index is -1.32. The number of esters is 2. The molecule has 4 aromatic carbocycles. The zero-order valence-corrected chi connectivity index (χ0v) is 48.9. The van der Waals surface area contributed by atoms with Gasteiger partial charge in [0.25, 0.3) is 0 Å². The number of aryl methyl sites for hydroxylation is 2. The van der Waals surface area contributed by atoms with Crippen LogP contribution in [0.5, 0.6) is 5.75 Å². The van der Waals surface area contributed by atoms with E-state index in [0.29, 0.717) is 58.9 Å². The summed E-state index contributed by atoms with van der Waals surface area (Å²) in [7, 11) is 1.53. The topological polar surface area (TPSA) is 162 Å². The largest absolute Gasteiger partial charge is 0.483 e. The summed E-state index contributed by atoms with van der Waals surface area (Å²) < 4.78 is 33.5. The van der Waals surface area contributed by atoms with Crippen molar-refractivity contribution in [3.8, 4) is 5.75 Å². The van der Waals surface area contributed by atoms with Crippen LogP contribution in [0.1, 0.15) is 202 Å². The maximum atomic E-state index is 15.8. The molecule has 2 spiro atoms. The number of rotatable bonds is 9. The molecule has 4 heterocycles. The lowest BCUT2D eigenvalue weighted by molar-refractivity contribution is -0.203. The molecule has 1 aromatic heterocycles. The molecule has 83 heavy (non-hydrogen) atoms. The second kappa shape index (κ2) is 22.9. The number of hydrogen-bond donors (Lipinski definition) is 3. The number of carbonyl (C=O) groups excluding carboxylic acids is 2. The predicted molar refractivity (Wildman–Crippen MR) is 318 cm³/mol. The maximum absolute atomic E-state index is 15.8. The molecule has 14 rings (SSSR count). The molecule has 11 heteroatoms. The Bertz CT molecular complexity index is 3390. The van der Waals surface area contributed by atoms with Gasteiger partial charge >= 0.3 is 17.6 Å². The number of ether oxygens (including phenoxy) is 4. The first-order chi connectivity index (χ1) is 40.4. The highest BCUT2D eigenvalue weighted by Crippen LogP contribution is 2.62. The summed E-state index contributed by atoms with van der Waals surface area (Å²) in [6.07, 6.45) is 20.6. The van der Waals surface area contributed by atoms with E-state index in [1.54, 1.807) is 18.6 Å². The van der Waals surface area contributed by atoms with Crippen LogP contribution in [0.15, 0.2) is 111 Å². The molecule has 0 unspecified atom stereocenters. The first-order valence-corrected chi connectivity index (χ1v) is 31.6. The van der Waals surface area contributed by atoms with Crippen LogP contribution in [0.4, 0.5) is 0 Å². The molecule has 11 nitrogen and oxygen atoms in total. The number of fused-ring (bicyclic) bond motifs is 13. The van der Waals surface area contributed by atoms with Crippen molar-refractivity contribution in [1.29, 1.82) is 0 Å². The third-order valence-electron chi connectivity index (χ3n) is 22.5. The van der Waals surface area contributed by atoms with E-state index in [0.717, 1.165) is 81.8 Å². The van der Waals surface area contributed by atoms with Crippen molar-refractivity contribution >= 4 is 22.9 Å². The molecule has 0 radical (unpaired) electrons. The summed E-state index contributed by atoms with van der Waals surface area (Å²) in [5.41, 5.74) is 9.40. The van der Waals surface area contributed by atoms with Crippen LogP contribution < -0.4 is 10.4 Å². The fourth-order valence-electron chi connectivity index (χ4n) is 18.6. The van der Waals surface area contributed by atoms with Crippen LogP contribution in [0.25, 0.3) is 11.0 Å². The van der Waals surface area contributed by atoms with Gasteiger partial charge in [-0.1, -0.05) is 105 Å². The van der Waals surface area contributed by atoms with Crippen molar-refractivity contribution in [2.24, 2.45) is 29.1 Å². The number of carbonyl (C=O) groups is 2. The number of aliphatic hydroxyl groups excluding tert-OH is 3. The van der Waals surface area contributed by atoms with Crippen LogP contribution in [0.3, 0.4) is 0 Å². The molecule has 9 aliphatic rings. The van der Waals surface area contributed by atoms with E-state index < -0.39 is 47.9 Å². The summed E-state index contributed by atoms with van der Waals surface area (Å²) >= 11 is 0. The Kier molecular flexibility index (Phi) is 15.5. The number of benzene rings is 4. The Hall–Kier alpha value is -5.85. The van der Waals surface area contributed by atoms with Crippen LogP contribution in [0, 0.1) is 29.1 Å². The van der Waals surface area contributed by atoms with Gasteiger partial charge in [0.05, 0.1) is 25.4 Å². The summed E-state index contributed by atoms with van der Waals surface area (Å²) in [6, 6.07) is 28.6. The summed E-state index contributed by atoms with van der Waals surface area (Å²) in [6.45, 7) is 2.77. The molecule has 3 N–H and O–H groups in total. The van der Waals surface area contributed by atoms with Gasteiger partial charge in [-0.05, 0) is 196 Å². The minimum Gasteiger partial charge on any atom is -0.483 e. The van der Waals surface area contributed by atoms with Crippen LogP contribution in [-0.4, -0.2) is 65.9 Å². The standard InChI is InChI=1S/C72H84O11/c1-43(40-74)53-27-20-44-18-21-45(22-19-44)54-28-24-47(55-15-9-17-60-56(55)29-26-51-13-8-12-50-25-23-46-11-4-5-16-59(46)72(50,51)60)37-49(54)38-62(76)80-66-64-61(31-30-57-58(41-75)63(69(78)81-65(57)64)48(32-36-73)42-79-3)83-70(2,67(66)82-68(53)77)52-14-10-35-71(39-52)33-6-7-34-71/h4-5,9,11,15-19,21-22,24,28,30-31,47-52,54,66-67,73-75H,6-8,10,12-14,20,23,25-27,29,32-42H2,1-3H3/b53-43-/t47-,48-,49-,50+,51+,52+,54+,66-,67+,70+,72+/m1/s1. The Morgan fingerprint density at radius 3 is 2.30 bits per heavy atom. The van der Waals surface area contributed by atoms with Crippen molar-refractivity contribution in [3.05, 3.63) is 168 Å². The molecule has 6 aliphatic carbocycles. The first-order valence-electron chi connectivity index (χ1n) is 31.6. The monoisotopic (exact) mass is 1120 g/mol. The molecule has 3 fully saturated rings. The fraction of sp³-hybridized carbons (Fsp3) is 0.542. The summed E-state index contributed by atoms with van der Waals surface area (Å²) in [4.78, 5) is 45.8. The SMILES string of the molecule is COC[C@@H](CCO)c1c(CO)c2ccc3c(c2oc1=O)[C@H]1OC(=O)C[C@H]2C[C@H](c4cccc5c4CC[C@@H]4CCC[C@H]6CCc7ccccc7[C@]564)C=C[C@H]2c2ccc(cc2)CC/C(=C(\C)CO)C(=O)O[C@@H]1[C@](C)([C@H]1CCCC2(CCCC2)C1)O3. The Morgan fingerprint density at radius 1 is 0.771 bits per heavy atom. The lowest BCUT2D eigenvalue weighted by Gasteiger charge is -2.57. The minimum absolute atomic E-state index is 0.00380. The summed E-state index contributed by atoms with van der Waals surface area (Å²) in [5.74, 6) is -0.501. The first kappa shape index (κ1) is 56.3. The number of hydrogen-bond acceptors (Lipinski definition) is 11. The van der Waals surface area contributed by atoms with Crippen molar-refractivity contribution in [2.45, 2.75) is 190 Å². The molecule has 3 aliphatic heterocycles. The quantitative estimate of drug-likeness (QED) is 0.0557. The van der Waals surface area contributed by atoms with Gasteiger partial charge in [0, 0.05) is 65.7 Å². The molecular weight excluding hydrogens is 1040 g/mol. The lowest BCUT2D eigenvalue weighted by Crippen LogP contribution is -2.59. The number of methoxy groups -OCH3 is 1.